The van der Waals surface area contributed by atoms with Gasteiger partial charge in [0.15, 0.2) is 17.3 Å². The van der Waals surface area contributed by atoms with Gasteiger partial charge in [-0.3, -0.25) is 4.79 Å². The summed E-state index contributed by atoms with van der Waals surface area (Å²) >= 11 is 0. The standard InChI is InChI=1S/C20H23NO3/c22-16(7-15-6-12-1-2-13(15)5-12)9-18-17-10-20-19(23-11-24-20)8-14(17)3-4-21-18/h8-10,12-13,15,21H,1-7,11H2/t12-,13-,15+/m1/s1. The van der Waals surface area contributed by atoms with E-state index in [-0.39, 0.29) is 12.6 Å². The van der Waals surface area contributed by atoms with Crippen LogP contribution in [0, 0.1) is 17.8 Å². The van der Waals surface area contributed by atoms with Gasteiger partial charge in [0.1, 0.15) is 0 Å². The highest BCUT2D eigenvalue weighted by Gasteiger charge is 2.39. The van der Waals surface area contributed by atoms with Crippen molar-refractivity contribution in [1.82, 2.24) is 5.32 Å². The van der Waals surface area contributed by atoms with Crippen molar-refractivity contribution < 1.29 is 14.3 Å². The van der Waals surface area contributed by atoms with Gasteiger partial charge in [-0.1, -0.05) is 6.42 Å². The van der Waals surface area contributed by atoms with Crippen LogP contribution in [0.15, 0.2) is 18.2 Å². The van der Waals surface area contributed by atoms with E-state index in [1.165, 1.54) is 31.2 Å². The zero-order valence-corrected chi connectivity index (χ0v) is 13.8. The number of nitrogens with one attached hydrogen (secondary N) is 1. The number of rotatable bonds is 3. The third kappa shape index (κ3) is 2.40. The predicted octanol–water partition coefficient (Wildman–Crippen LogP) is 3.30. The van der Waals surface area contributed by atoms with Gasteiger partial charge in [0.2, 0.25) is 6.79 Å². The van der Waals surface area contributed by atoms with Gasteiger partial charge in [-0.25, -0.2) is 0 Å². The Balaban J connectivity index is 1.37. The minimum atomic E-state index is 0.264. The first-order valence-electron chi connectivity index (χ1n) is 9.17. The molecule has 24 heavy (non-hydrogen) atoms. The number of carbonyl (C=O) groups excluding carboxylic acids is 1. The lowest BCUT2D eigenvalue weighted by molar-refractivity contribution is -0.115. The molecule has 1 aromatic rings. The van der Waals surface area contributed by atoms with E-state index in [9.17, 15) is 4.79 Å². The highest BCUT2D eigenvalue weighted by molar-refractivity contribution is 5.97. The highest BCUT2D eigenvalue weighted by atomic mass is 16.7. The zero-order valence-electron chi connectivity index (χ0n) is 13.8. The van der Waals surface area contributed by atoms with Gasteiger partial charge in [0.05, 0.1) is 0 Å². The van der Waals surface area contributed by atoms with Gasteiger partial charge < -0.3 is 14.8 Å². The zero-order chi connectivity index (χ0) is 16.1. The average Bonchev–Trinajstić information content (AvgIpc) is 3.29. The topological polar surface area (TPSA) is 47.6 Å². The van der Waals surface area contributed by atoms with Crippen LogP contribution in [0.25, 0.3) is 5.70 Å². The molecule has 0 aromatic heterocycles. The molecule has 2 aliphatic carbocycles. The molecule has 0 spiro atoms. The van der Waals surface area contributed by atoms with Crippen molar-refractivity contribution in [3.8, 4) is 11.5 Å². The van der Waals surface area contributed by atoms with E-state index >= 15 is 0 Å². The summed E-state index contributed by atoms with van der Waals surface area (Å²) in [7, 11) is 0. The van der Waals surface area contributed by atoms with E-state index in [0.29, 0.717) is 12.3 Å². The number of hydrogen-bond acceptors (Lipinski definition) is 4. The average molecular weight is 325 g/mol. The molecular formula is C20H23NO3. The van der Waals surface area contributed by atoms with Gasteiger partial charge in [-0.05, 0) is 61.1 Å². The summed E-state index contributed by atoms with van der Waals surface area (Å²) in [5.74, 6) is 4.19. The molecule has 2 heterocycles. The third-order valence-electron chi connectivity index (χ3n) is 6.25. The van der Waals surface area contributed by atoms with E-state index in [0.717, 1.165) is 47.6 Å². The molecule has 0 saturated heterocycles. The second-order valence-electron chi connectivity index (χ2n) is 7.70. The molecule has 4 nitrogen and oxygen atoms in total. The lowest BCUT2D eigenvalue weighted by Gasteiger charge is -2.23. The third-order valence-corrected chi connectivity index (χ3v) is 6.25. The van der Waals surface area contributed by atoms with Gasteiger partial charge in [-0.2, -0.15) is 0 Å². The Labute approximate surface area is 142 Å². The quantitative estimate of drug-likeness (QED) is 0.866. The molecular weight excluding hydrogens is 302 g/mol. The molecule has 3 atom stereocenters. The number of hydrogen-bond donors (Lipinski definition) is 1. The summed E-state index contributed by atoms with van der Waals surface area (Å²) in [6.45, 7) is 1.15. The molecule has 126 valence electrons. The number of ketones is 1. The summed E-state index contributed by atoms with van der Waals surface area (Å²) in [6.07, 6.45) is 8.84. The van der Waals surface area contributed by atoms with Gasteiger partial charge in [0, 0.05) is 30.3 Å². The van der Waals surface area contributed by atoms with E-state index in [4.69, 9.17) is 9.47 Å². The monoisotopic (exact) mass is 325 g/mol. The van der Waals surface area contributed by atoms with Crippen LogP contribution >= 0.6 is 0 Å². The van der Waals surface area contributed by atoms with Crippen molar-refractivity contribution in [3.63, 3.8) is 0 Å². The molecule has 2 aliphatic heterocycles. The summed E-state index contributed by atoms with van der Waals surface area (Å²) in [6, 6.07) is 4.08. The van der Waals surface area contributed by atoms with Crippen LogP contribution in [-0.4, -0.2) is 19.1 Å². The van der Waals surface area contributed by atoms with Crippen molar-refractivity contribution in [2.75, 3.05) is 13.3 Å². The maximum Gasteiger partial charge on any atom is 0.231 e. The number of ether oxygens (including phenoxy) is 2. The summed E-state index contributed by atoms with van der Waals surface area (Å²) in [4.78, 5) is 12.6. The van der Waals surface area contributed by atoms with Crippen LogP contribution < -0.4 is 14.8 Å². The summed E-state index contributed by atoms with van der Waals surface area (Å²) < 4.78 is 11.0. The van der Waals surface area contributed by atoms with Crippen LogP contribution in [0.1, 0.15) is 43.2 Å². The van der Waals surface area contributed by atoms with Crippen molar-refractivity contribution in [3.05, 3.63) is 29.3 Å². The second kappa shape index (κ2) is 5.54. The lowest BCUT2D eigenvalue weighted by Crippen LogP contribution is -2.24. The Hall–Kier alpha value is -1.97. The minimum Gasteiger partial charge on any atom is -0.454 e. The fourth-order valence-corrected chi connectivity index (χ4v) is 5.10. The van der Waals surface area contributed by atoms with Crippen molar-refractivity contribution >= 4 is 11.5 Å². The van der Waals surface area contributed by atoms with Gasteiger partial charge >= 0.3 is 0 Å². The van der Waals surface area contributed by atoms with E-state index in [2.05, 4.69) is 11.4 Å². The number of fused-ring (bicyclic) bond motifs is 4. The molecule has 1 aromatic carbocycles. The van der Waals surface area contributed by atoms with Crippen LogP contribution in [0.2, 0.25) is 0 Å². The van der Waals surface area contributed by atoms with Crippen LogP contribution in [-0.2, 0) is 11.2 Å². The normalized spacial score (nSPS) is 31.2. The Bertz CT molecular complexity index is 724. The molecule has 4 heteroatoms. The van der Waals surface area contributed by atoms with Crippen LogP contribution in [0.5, 0.6) is 11.5 Å². The number of allylic oxidation sites excluding steroid dienone is 1. The fraction of sp³-hybridized carbons (Fsp3) is 0.550. The Morgan fingerprint density at radius 1 is 1.21 bits per heavy atom. The Morgan fingerprint density at radius 2 is 2.08 bits per heavy atom. The maximum absolute atomic E-state index is 12.6. The minimum absolute atomic E-state index is 0.264. The largest absolute Gasteiger partial charge is 0.454 e. The first-order valence-corrected chi connectivity index (χ1v) is 9.17. The molecule has 0 unspecified atom stereocenters. The molecule has 2 bridgehead atoms. The molecule has 4 aliphatic rings. The van der Waals surface area contributed by atoms with Crippen molar-refractivity contribution in [2.45, 2.75) is 38.5 Å². The van der Waals surface area contributed by atoms with Crippen molar-refractivity contribution in [1.29, 1.82) is 0 Å². The first kappa shape index (κ1) is 14.4. The maximum atomic E-state index is 12.6. The van der Waals surface area contributed by atoms with Crippen LogP contribution in [0.3, 0.4) is 0 Å². The molecule has 0 amide bonds. The molecule has 2 fully saturated rings. The first-order chi connectivity index (χ1) is 11.8. The molecule has 1 N–H and O–H groups in total. The SMILES string of the molecule is O=C(C=C1NCCc2cc3c(cc21)OCO3)C[C@@H]1C[C@@H]2CC[C@@H]1C2. The number of carbonyl (C=O) groups is 1. The highest BCUT2D eigenvalue weighted by Crippen LogP contribution is 2.49. The second-order valence-corrected chi connectivity index (χ2v) is 7.70. The number of benzene rings is 1. The van der Waals surface area contributed by atoms with Gasteiger partial charge in [0.25, 0.3) is 0 Å². The van der Waals surface area contributed by atoms with E-state index in [1.807, 2.05) is 12.1 Å². The Morgan fingerprint density at radius 3 is 2.88 bits per heavy atom. The van der Waals surface area contributed by atoms with Crippen LogP contribution in [0.4, 0.5) is 0 Å². The Kier molecular flexibility index (Phi) is 3.32. The van der Waals surface area contributed by atoms with E-state index in [1.54, 1.807) is 0 Å². The summed E-state index contributed by atoms with van der Waals surface area (Å²) in [5, 5.41) is 3.40. The smallest absolute Gasteiger partial charge is 0.231 e. The molecule has 5 rings (SSSR count). The fourth-order valence-electron chi connectivity index (χ4n) is 5.10. The molecule has 2 saturated carbocycles. The summed E-state index contributed by atoms with van der Waals surface area (Å²) in [5.41, 5.74) is 3.27. The van der Waals surface area contributed by atoms with Gasteiger partial charge in [-0.15, -0.1) is 0 Å². The predicted molar refractivity (Wildman–Crippen MR) is 90.8 cm³/mol. The lowest BCUT2D eigenvalue weighted by atomic mass is 9.85. The van der Waals surface area contributed by atoms with Crippen molar-refractivity contribution in [2.24, 2.45) is 17.8 Å². The molecule has 0 radical (unpaired) electrons. The van der Waals surface area contributed by atoms with E-state index < -0.39 is 0 Å².